The summed E-state index contributed by atoms with van der Waals surface area (Å²) >= 11 is 0. The summed E-state index contributed by atoms with van der Waals surface area (Å²) in [6, 6.07) is 0. The second kappa shape index (κ2) is 10.5. The van der Waals surface area contributed by atoms with Crippen LogP contribution in [0.4, 0.5) is 0 Å². The fourth-order valence-corrected chi connectivity index (χ4v) is 4.11. The van der Waals surface area contributed by atoms with Crippen molar-refractivity contribution in [3.8, 4) is 0 Å². The second-order valence-corrected chi connectivity index (χ2v) is 13.3. The lowest BCUT2D eigenvalue weighted by molar-refractivity contribution is 0.764. The molecule has 0 saturated carbocycles. The van der Waals surface area contributed by atoms with Crippen LogP contribution in [-0.4, -0.2) is 36.0 Å². The minimum Gasteiger partial charge on any atom is -0.114 e. The third-order valence-corrected chi connectivity index (χ3v) is 10.1. The molecular weight excluding hydrogens is 390 g/mol. The van der Waals surface area contributed by atoms with Crippen molar-refractivity contribution < 1.29 is 0 Å². The van der Waals surface area contributed by atoms with E-state index in [1.54, 1.807) is 0 Å². The lowest BCUT2D eigenvalue weighted by Crippen LogP contribution is -2.14. The van der Waals surface area contributed by atoms with Gasteiger partial charge in [-0.3, -0.25) is 0 Å². The van der Waals surface area contributed by atoms with E-state index in [1.165, 1.54) is 25.2 Å². The van der Waals surface area contributed by atoms with Gasteiger partial charge >= 0.3 is 0 Å². The van der Waals surface area contributed by atoms with Gasteiger partial charge in [-0.05, 0) is 48.8 Å². The topological polar surface area (TPSA) is 0 Å². The summed E-state index contributed by atoms with van der Waals surface area (Å²) < 4.78 is 0. The van der Waals surface area contributed by atoms with Crippen molar-refractivity contribution in [2.24, 2.45) is 0 Å². The molecule has 18 heavy (non-hydrogen) atoms. The maximum Gasteiger partial charge on any atom is -0.0182 e. The average molecular weight is 424 g/mol. The molecule has 0 amide bonds. The van der Waals surface area contributed by atoms with E-state index in [9.17, 15) is 0 Å². The zero-order chi connectivity index (χ0) is 13.0. The van der Waals surface area contributed by atoms with Crippen LogP contribution in [0.1, 0.15) is 54.4 Å². The molecule has 0 N–H and O–H groups in total. The molecule has 2 atom stereocenters. The lowest BCUT2D eigenvalue weighted by Gasteiger charge is -2.30. The third kappa shape index (κ3) is 11.6. The minimum atomic E-state index is 0. The molecule has 0 aromatic heterocycles. The fraction of sp³-hybridized carbons (Fsp3) is 1.00. The van der Waals surface area contributed by atoms with Gasteiger partial charge in [0, 0.05) is 0 Å². The molecule has 2 unspecified atom stereocenters. The monoisotopic (exact) mass is 422 g/mol. The molecule has 0 aliphatic carbocycles. The molecule has 0 spiro atoms. The molecule has 0 fully saturated rings. The van der Waals surface area contributed by atoms with Gasteiger partial charge in [-0.2, -0.15) is 0 Å². The molecule has 0 radical (unpaired) electrons. The maximum atomic E-state index is 2.47. The second-order valence-electron chi connectivity index (χ2n) is 6.89. The Morgan fingerprint density at radius 2 is 0.833 bits per heavy atom. The Morgan fingerprint density at radius 3 is 1.00 bits per heavy atom. The Kier molecular flexibility index (Phi) is 14.5. The first-order valence-electron chi connectivity index (χ1n) is 6.47. The minimum absolute atomic E-state index is 0. The molecule has 0 rings (SSSR count). The van der Waals surface area contributed by atoms with Gasteiger partial charge < -0.3 is 0 Å². The van der Waals surface area contributed by atoms with Gasteiger partial charge in [-0.15, -0.1) is 49.8 Å². The first-order chi connectivity index (χ1) is 7.05. The van der Waals surface area contributed by atoms with E-state index in [4.69, 9.17) is 0 Å². The van der Waals surface area contributed by atoms with Crippen molar-refractivity contribution in [3.05, 3.63) is 0 Å². The summed E-state index contributed by atoms with van der Waals surface area (Å²) in [6.45, 7) is 19.3. The summed E-state index contributed by atoms with van der Waals surface area (Å²) in [5, 5.41) is 1.10. The Labute approximate surface area is 140 Å². The van der Waals surface area contributed by atoms with E-state index in [0.29, 0.717) is 10.3 Å². The van der Waals surface area contributed by atoms with E-state index in [1.807, 2.05) is 0 Å². The highest BCUT2D eigenvalue weighted by Crippen LogP contribution is 2.48. The van der Waals surface area contributed by atoms with Crippen molar-refractivity contribution in [3.63, 3.8) is 0 Å². The SMILES string of the molecule is Br.Br.CP(CCCCP(C)C(C)(C)C)C(C)(C)C. The van der Waals surface area contributed by atoms with Crippen LogP contribution in [0.2, 0.25) is 0 Å². The molecule has 4 heteroatoms. The fourth-order valence-electron chi connectivity index (χ4n) is 1.37. The number of hydrogen-bond donors (Lipinski definition) is 0. The largest absolute Gasteiger partial charge is 0.114 e. The van der Waals surface area contributed by atoms with Crippen LogP contribution in [0.5, 0.6) is 0 Å². The zero-order valence-corrected chi connectivity index (χ0v) is 18.8. The van der Waals surface area contributed by atoms with Crippen molar-refractivity contribution in [1.82, 2.24) is 0 Å². The highest BCUT2D eigenvalue weighted by atomic mass is 79.9. The molecule has 0 nitrogen and oxygen atoms in total. The van der Waals surface area contributed by atoms with E-state index < -0.39 is 0 Å². The quantitative estimate of drug-likeness (QED) is 0.339. The smallest absolute Gasteiger partial charge is 0.0182 e. The molecule has 0 aliphatic rings. The Bertz CT molecular complexity index is 173. The standard InChI is InChI=1S/C14H32P2.2BrH/c1-13(2,3)15(7)11-9-10-12-16(8)14(4,5)6;;/h9-12H2,1-8H3;2*1H. The third-order valence-electron chi connectivity index (χ3n) is 3.53. The molecule has 0 saturated heterocycles. The van der Waals surface area contributed by atoms with Crippen LogP contribution in [0.25, 0.3) is 0 Å². The highest BCUT2D eigenvalue weighted by Gasteiger charge is 2.20. The number of hydrogen-bond acceptors (Lipinski definition) is 0. The van der Waals surface area contributed by atoms with Gasteiger partial charge in [0.15, 0.2) is 0 Å². The van der Waals surface area contributed by atoms with Gasteiger partial charge in [-0.1, -0.05) is 41.5 Å². The summed E-state index contributed by atoms with van der Waals surface area (Å²) in [5.74, 6) is 0. The first-order valence-corrected chi connectivity index (χ1v) is 10.4. The Morgan fingerprint density at radius 1 is 0.611 bits per heavy atom. The van der Waals surface area contributed by atoms with Gasteiger partial charge in [0.1, 0.15) is 0 Å². The normalized spacial score (nSPS) is 15.3. The molecule has 0 aliphatic heterocycles. The number of rotatable bonds is 5. The van der Waals surface area contributed by atoms with Gasteiger partial charge in [0.2, 0.25) is 0 Å². The van der Waals surface area contributed by atoms with E-state index >= 15 is 0 Å². The molecule has 0 aromatic rings. The van der Waals surface area contributed by atoms with Crippen molar-refractivity contribution in [2.45, 2.75) is 64.7 Å². The molecule has 0 aromatic carbocycles. The van der Waals surface area contributed by atoms with Crippen LogP contribution in [-0.2, 0) is 0 Å². The first kappa shape index (κ1) is 24.8. The van der Waals surface area contributed by atoms with E-state index in [-0.39, 0.29) is 49.8 Å². The number of halogens is 2. The van der Waals surface area contributed by atoms with Crippen LogP contribution in [0, 0.1) is 0 Å². The predicted molar refractivity (Wildman–Crippen MR) is 105 cm³/mol. The average Bonchev–Trinajstić information content (AvgIpc) is 2.08. The van der Waals surface area contributed by atoms with Crippen LogP contribution < -0.4 is 0 Å². The molecule has 0 bridgehead atoms. The molecule has 114 valence electrons. The molecule has 0 heterocycles. The summed E-state index contributed by atoms with van der Waals surface area (Å²) in [6.07, 6.45) is 5.82. The van der Waals surface area contributed by atoms with Crippen LogP contribution in [0.3, 0.4) is 0 Å². The summed E-state index contributed by atoms with van der Waals surface area (Å²) in [4.78, 5) is 0. The number of unbranched alkanes of at least 4 members (excludes halogenated alkanes) is 1. The maximum absolute atomic E-state index is 2.47. The van der Waals surface area contributed by atoms with Crippen LogP contribution >= 0.6 is 49.8 Å². The summed E-state index contributed by atoms with van der Waals surface area (Å²) in [7, 11) is 0.453. The highest BCUT2D eigenvalue weighted by molar-refractivity contribution is 8.93. The van der Waals surface area contributed by atoms with Crippen LogP contribution in [0.15, 0.2) is 0 Å². The van der Waals surface area contributed by atoms with E-state index in [2.05, 4.69) is 54.9 Å². The molecular formula is C14H34Br2P2. The van der Waals surface area contributed by atoms with Crippen molar-refractivity contribution in [1.29, 1.82) is 0 Å². The zero-order valence-electron chi connectivity index (χ0n) is 13.5. The van der Waals surface area contributed by atoms with Gasteiger partial charge in [0.25, 0.3) is 0 Å². The Hall–Kier alpha value is 1.82. The van der Waals surface area contributed by atoms with E-state index in [0.717, 1.165) is 0 Å². The van der Waals surface area contributed by atoms with Crippen molar-refractivity contribution >= 4 is 49.8 Å². The van der Waals surface area contributed by atoms with Crippen molar-refractivity contribution in [2.75, 3.05) is 25.7 Å². The Balaban J connectivity index is -0.00000112. The van der Waals surface area contributed by atoms with Gasteiger partial charge in [0.05, 0.1) is 0 Å². The lowest BCUT2D eigenvalue weighted by atomic mass is 10.3. The summed E-state index contributed by atoms with van der Waals surface area (Å²) in [5.41, 5.74) is 0. The predicted octanol–water partition coefficient (Wildman–Crippen LogP) is 6.74. The van der Waals surface area contributed by atoms with Gasteiger partial charge in [-0.25, -0.2) is 0 Å².